The number of aliphatic carboxylic acids is 1. The van der Waals surface area contributed by atoms with Crippen LogP contribution in [0.3, 0.4) is 0 Å². The van der Waals surface area contributed by atoms with E-state index < -0.39 is 41.4 Å². The molecule has 1 amide bonds. The fraction of sp³-hybridized carbons (Fsp3) is 0.444. The molecule has 0 aliphatic rings. The molecule has 26 heavy (non-hydrogen) atoms. The molecule has 0 aliphatic carbocycles. The zero-order valence-corrected chi connectivity index (χ0v) is 14.9. The SMILES string of the molecule is CC=C[C@@H](c1ccc(C(F)(F)F)cc1)[C@H](NC(=O)OC(C)(C)C)C(=O)O. The molecule has 2 N–H and O–H groups in total. The molecule has 1 rings (SSSR count). The number of halogens is 3. The molecule has 1 aromatic rings. The van der Waals surface area contributed by atoms with Gasteiger partial charge in [0.2, 0.25) is 0 Å². The van der Waals surface area contributed by atoms with E-state index in [2.05, 4.69) is 5.32 Å². The number of ether oxygens (including phenoxy) is 1. The predicted molar refractivity (Wildman–Crippen MR) is 89.8 cm³/mol. The highest BCUT2D eigenvalue weighted by Gasteiger charge is 2.33. The molecule has 5 nitrogen and oxygen atoms in total. The second-order valence-corrected chi connectivity index (χ2v) is 6.63. The first kappa shape index (κ1) is 21.5. The number of alkyl carbamates (subject to hydrolysis) is 1. The van der Waals surface area contributed by atoms with Gasteiger partial charge in [-0.3, -0.25) is 0 Å². The quantitative estimate of drug-likeness (QED) is 0.753. The maximum absolute atomic E-state index is 12.7. The van der Waals surface area contributed by atoms with Crippen LogP contribution in [0.1, 0.15) is 44.7 Å². The summed E-state index contributed by atoms with van der Waals surface area (Å²) in [5, 5.41) is 11.7. The number of carbonyl (C=O) groups excluding carboxylic acids is 1. The normalized spacial score (nSPS) is 14.7. The van der Waals surface area contributed by atoms with Crippen LogP contribution in [0.25, 0.3) is 0 Å². The van der Waals surface area contributed by atoms with E-state index in [1.54, 1.807) is 33.8 Å². The Morgan fingerprint density at radius 3 is 2.08 bits per heavy atom. The monoisotopic (exact) mass is 373 g/mol. The number of rotatable bonds is 5. The number of carbonyl (C=O) groups is 2. The second kappa shape index (κ2) is 8.25. The first-order valence-corrected chi connectivity index (χ1v) is 7.87. The molecule has 0 aromatic heterocycles. The van der Waals surface area contributed by atoms with E-state index in [0.717, 1.165) is 12.1 Å². The minimum absolute atomic E-state index is 0.319. The van der Waals surface area contributed by atoms with Crippen LogP contribution in [0.15, 0.2) is 36.4 Å². The molecule has 1 aromatic carbocycles. The number of amides is 1. The molecule has 0 unspecified atom stereocenters. The van der Waals surface area contributed by atoms with Crippen molar-refractivity contribution < 1.29 is 32.6 Å². The van der Waals surface area contributed by atoms with Crippen LogP contribution in [0.2, 0.25) is 0 Å². The van der Waals surface area contributed by atoms with Crippen LogP contribution in [0.5, 0.6) is 0 Å². The standard InChI is InChI=1S/C18H22F3NO4/c1-5-6-13(11-7-9-12(10-8-11)18(19,20)21)14(15(23)24)22-16(25)26-17(2,3)4/h5-10,13-14H,1-4H3,(H,22,25)(H,23,24)/t13-,14-/m0/s1. The van der Waals surface area contributed by atoms with Gasteiger partial charge in [-0.15, -0.1) is 0 Å². The number of allylic oxidation sites excluding steroid dienone is 1. The van der Waals surface area contributed by atoms with Crippen LogP contribution >= 0.6 is 0 Å². The summed E-state index contributed by atoms with van der Waals surface area (Å²) in [6, 6.07) is 2.73. The molecule has 0 aliphatic heterocycles. The van der Waals surface area contributed by atoms with Gasteiger partial charge >= 0.3 is 18.2 Å². The highest BCUT2D eigenvalue weighted by atomic mass is 19.4. The first-order valence-electron chi connectivity index (χ1n) is 7.87. The van der Waals surface area contributed by atoms with Crippen molar-refractivity contribution in [3.63, 3.8) is 0 Å². The van der Waals surface area contributed by atoms with Gasteiger partial charge in [0.25, 0.3) is 0 Å². The number of benzene rings is 1. The fourth-order valence-electron chi connectivity index (χ4n) is 2.26. The summed E-state index contributed by atoms with van der Waals surface area (Å²) in [5.41, 5.74) is -1.34. The van der Waals surface area contributed by atoms with Gasteiger partial charge < -0.3 is 15.2 Å². The highest BCUT2D eigenvalue weighted by Crippen LogP contribution is 2.31. The maximum Gasteiger partial charge on any atom is 0.416 e. The molecule has 2 atom stereocenters. The number of hydrogen-bond donors (Lipinski definition) is 2. The molecule has 0 heterocycles. The Hall–Kier alpha value is -2.51. The summed E-state index contributed by atoms with van der Waals surface area (Å²) < 4.78 is 43.2. The zero-order chi connectivity index (χ0) is 20.1. The van der Waals surface area contributed by atoms with Gasteiger partial charge in [-0.25, -0.2) is 9.59 Å². The summed E-state index contributed by atoms with van der Waals surface area (Å²) in [5.74, 6) is -2.20. The molecule has 0 radical (unpaired) electrons. The second-order valence-electron chi connectivity index (χ2n) is 6.63. The van der Waals surface area contributed by atoms with Crippen molar-refractivity contribution in [3.05, 3.63) is 47.5 Å². The topological polar surface area (TPSA) is 75.6 Å². The lowest BCUT2D eigenvalue weighted by Gasteiger charge is -2.25. The number of alkyl halides is 3. The van der Waals surface area contributed by atoms with Gasteiger partial charge in [-0.1, -0.05) is 24.3 Å². The van der Waals surface area contributed by atoms with Crippen molar-refractivity contribution in [2.75, 3.05) is 0 Å². The maximum atomic E-state index is 12.7. The van der Waals surface area contributed by atoms with Gasteiger partial charge in [-0.2, -0.15) is 13.2 Å². The van der Waals surface area contributed by atoms with E-state index in [-0.39, 0.29) is 0 Å². The highest BCUT2D eigenvalue weighted by molar-refractivity contribution is 5.81. The molecule has 144 valence electrons. The number of carboxylic acid groups (broad SMARTS) is 1. The molecule has 0 saturated carbocycles. The van der Waals surface area contributed by atoms with Crippen molar-refractivity contribution in [2.24, 2.45) is 0 Å². The van der Waals surface area contributed by atoms with Gasteiger partial charge in [0, 0.05) is 5.92 Å². The van der Waals surface area contributed by atoms with E-state index in [9.17, 15) is 27.9 Å². The largest absolute Gasteiger partial charge is 0.480 e. The molecule has 0 spiro atoms. The Kier molecular flexibility index (Phi) is 6.83. The third-order valence-electron chi connectivity index (χ3n) is 3.32. The third kappa shape index (κ3) is 6.42. The Morgan fingerprint density at radius 1 is 1.15 bits per heavy atom. The van der Waals surface area contributed by atoms with Crippen LogP contribution < -0.4 is 5.32 Å². The molecule has 0 saturated heterocycles. The predicted octanol–water partition coefficient (Wildman–Crippen LogP) is 4.34. The summed E-state index contributed by atoms with van der Waals surface area (Å²) in [7, 11) is 0. The Balaban J connectivity index is 3.14. The molecule has 0 fully saturated rings. The van der Waals surface area contributed by atoms with Crippen LogP contribution in [-0.4, -0.2) is 28.8 Å². The summed E-state index contributed by atoms with van der Waals surface area (Å²) in [4.78, 5) is 23.6. The van der Waals surface area contributed by atoms with E-state index in [4.69, 9.17) is 4.74 Å². The van der Waals surface area contributed by atoms with Crippen LogP contribution in [0.4, 0.5) is 18.0 Å². The zero-order valence-electron chi connectivity index (χ0n) is 14.9. The first-order chi connectivity index (χ1) is 11.8. The summed E-state index contributed by atoms with van der Waals surface area (Å²) in [6.07, 6.45) is -2.35. The van der Waals surface area contributed by atoms with E-state index >= 15 is 0 Å². The number of carboxylic acids is 1. The van der Waals surface area contributed by atoms with Gasteiger partial charge in [0.05, 0.1) is 5.56 Å². The average Bonchev–Trinajstić information content (AvgIpc) is 2.48. The molecule has 0 bridgehead atoms. The summed E-state index contributed by atoms with van der Waals surface area (Å²) in [6.45, 7) is 6.52. The van der Waals surface area contributed by atoms with E-state index in [1.807, 2.05) is 0 Å². The number of nitrogens with one attached hydrogen (secondary N) is 1. The Bertz CT molecular complexity index is 660. The van der Waals surface area contributed by atoms with Gasteiger partial charge in [0.1, 0.15) is 11.6 Å². The lowest BCUT2D eigenvalue weighted by Crippen LogP contribution is -2.46. The van der Waals surface area contributed by atoms with Crippen molar-refractivity contribution in [1.29, 1.82) is 0 Å². The van der Waals surface area contributed by atoms with Gasteiger partial charge in [0.15, 0.2) is 0 Å². The summed E-state index contributed by atoms with van der Waals surface area (Å²) >= 11 is 0. The fourth-order valence-corrected chi connectivity index (χ4v) is 2.26. The van der Waals surface area contributed by atoms with Gasteiger partial charge in [-0.05, 0) is 45.4 Å². The minimum atomic E-state index is -4.49. The lowest BCUT2D eigenvalue weighted by molar-refractivity contribution is -0.140. The van der Waals surface area contributed by atoms with E-state index in [0.29, 0.717) is 5.56 Å². The van der Waals surface area contributed by atoms with Crippen molar-refractivity contribution in [2.45, 2.75) is 51.4 Å². The van der Waals surface area contributed by atoms with Crippen molar-refractivity contribution in [1.82, 2.24) is 5.32 Å². The minimum Gasteiger partial charge on any atom is -0.480 e. The molecular weight excluding hydrogens is 351 g/mol. The number of hydrogen-bond acceptors (Lipinski definition) is 3. The average molecular weight is 373 g/mol. The Labute approximate surface area is 149 Å². The lowest BCUT2D eigenvalue weighted by atomic mass is 9.90. The molecule has 8 heteroatoms. The van der Waals surface area contributed by atoms with Crippen LogP contribution in [0, 0.1) is 0 Å². The smallest absolute Gasteiger partial charge is 0.416 e. The van der Waals surface area contributed by atoms with Crippen LogP contribution in [-0.2, 0) is 15.7 Å². The van der Waals surface area contributed by atoms with Crippen molar-refractivity contribution in [3.8, 4) is 0 Å². The molecular formula is C18H22F3NO4. The third-order valence-corrected chi connectivity index (χ3v) is 3.32. The van der Waals surface area contributed by atoms with E-state index in [1.165, 1.54) is 18.2 Å². The Morgan fingerprint density at radius 2 is 1.69 bits per heavy atom. The van der Waals surface area contributed by atoms with Crippen molar-refractivity contribution >= 4 is 12.1 Å².